The zero-order chi connectivity index (χ0) is 8.11. The molecule has 3 rings (SSSR count). The first-order chi connectivity index (χ1) is 5.13. The van der Waals surface area contributed by atoms with Gasteiger partial charge in [0.05, 0.1) is 0 Å². The van der Waals surface area contributed by atoms with Crippen LogP contribution >= 0.6 is 0 Å². The van der Waals surface area contributed by atoms with Crippen molar-refractivity contribution in [2.24, 2.45) is 16.7 Å². The summed E-state index contributed by atoms with van der Waals surface area (Å²) >= 11 is 0. The van der Waals surface area contributed by atoms with Gasteiger partial charge in [-0.3, -0.25) is 0 Å². The smallest absolute Gasteiger partial charge is 0.000543 e. The lowest BCUT2D eigenvalue weighted by atomic mass is 9.32. The lowest BCUT2D eigenvalue weighted by Gasteiger charge is -2.73. The third kappa shape index (κ3) is 0.807. The first-order valence-electron chi connectivity index (χ1n) is 4.77. The van der Waals surface area contributed by atoms with Gasteiger partial charge in [-0.05, 0) is 43.1 Å². The van der Waals surface area contributed by atoms with Crippen molar-refractivity contribution in [2.45, 2.75) is 33.1 Å². The van der Waals surface area contributed by atoms with Crippen LogP contribution in [0.4, 0.5) is 0 Å². The third-order valence-electron chi connectivity index (χ3n) is 3.96. The van der Waals surface area contributed by atoms with Gasteiger partial charge in [0, 0.05) is 6.54 Å². The third-order valence-corrected chi connectivity index (χ3v) is 3.96. The second-order valence-corrected chi connectivity index (χ2v) is 5.08. The Hall–Kier alpha value is -0.0400. The highest BCUT2D eigenvalue weighted by Crippen LogP contribution is 2.75. The molecule has 0 aromatic carbocycles. The van der Waals surface area contributed by atoms with E-state index in [1.807, 2.05) is 0 Å². The summed E-state index contributed by atoms with van der Waals surface area (Å²) in [5.41, 5.74) is 1.54. The van der Waals surface area contributed by atoms with Crippen molar-refractivity contribution in [1.82, 2.24) is 5.32 Å². The van der Waals surface area contributed by atoms with Gasteiger partial charge in [0.1, 0.15) is 0 Å². The quantitative estimate of drug-likeness (QED) is 0.654. The summed E-state index contributed by atoms with van der Waals surface area (Å²) in [5, 5.41) is 3.30. The average molecular weight is 153 g/mol. The van der Waals surface area contributed by atoms with Crippen LogP contribution in [0.2, 0.25) is 0 Å². The van der Waals surface area contributed by atoms with Crippen LogP contribution in [0.25, 0.3) is 0 Å². The monoisotopic (exact) mass is 153 g/mol. The molecule has 1 heteroatoms. The van der Waals surface area contributed by atoms with E-state index in [9.17, 15) is 0 Å². The lowest BCUT2D eigenvalue weighted by Crippen LogP contribution is -2.66. The highest BCUT2D eigenvalue weighted by molar-refractivity contribution is 5.18. The molecular weight excluding hydrogens is 134 g/mol. The minimum Gasteiger partial charge on any atom is -0.319 e. The molecule has 3 saturated carbocycles. The van der Waals surface area contributed by atoms with Crippen LogP contribution in [0.5, 0.6) is 0 Å². The zero-order valence-corrected chi connectivity index (χ0v) is 7.91. The topological polar surface area (TPSA) is 12.0 Å². The highest BCUT2D eigenvalue weighted by Gasteiger charge is 2.67. The average Bonchev–Trinajstić information content (AvgIpc) is 1.73. The minimum absolute atomic E-state index is 0.749. The van der Waals surface area contributed by atoms with Gasteiger partial charge in [-0.15, -0.1) is 0 Å². The molecule has 0 amide bonds. The fourth-order valence-corrected chi connectivity index (χ4v) is 3.26. The standard InChI is InChI=1S/C10H19N/c1-8(2)10-4-9(5-10,6-10)7-11-3/h8,11H,4-7H2,1-3H3. The van der Waals surface area contributed by atoms with Crippen molar-refractivity contribution >= 4 is 0 Å². The first kappa shape index (κ1) is 7.60. The maximum atomic E-state index is 3.30. The van der Waals surface area contributed by atoms with E-state index in [-0.39, 0.29) is 0 Å². The Morgan fingerprint density at radius 1 is 1.27 bits per heavy atom. The van der Waals surface area contributed by atoms with Crippen LogP contribution in [0.15, 0.2) is 0 Å². The molecule has 0 heterocycles. The second-order valence-electron chi connectivity index (χ2n) is 5.08. The SMILES string of the molecule is CNCC12CC(C(C)C)(C1)C2. The van der Waals surface area contributed by atoms with Crippen molar-refractivity contribution < 1.29 is 0 Å². The predicted octanol–water partition coefficient (Wildman–Crippen LogP) is 2.03. The normalized spacial score (nSPS) is 46.9. The summed E-state index contributed by atoms with van der Waals surface area (Å²) in [4.78, 5) is 0. The molecule has 0 atom stereocenters. The van der Waals surface area contributed by atoms with Gasteiger partial charge in [-0.1, -0.05) is 13.8 Å². The molecule has 3 aliphatic carbocycles. The molecule has 2 bridgehead atoms. The van der Waals surface area contributed by atoms with Crippen LogP contribution in [0.1, 0.15) is 33.1 Å². The van der Waals surface area contributed by atoms with E-state index >= 15 is 0 Å². The molecule has 11 heavy (non-hydrogen) atoms. The summed E-state index contributed by atoms with van der Waals surface area (Å²) in [7, 11) is 2.07. The number of rotatable bonds is 3. The molecule has 3 fully saturated rings. The summed E-state index contributed by atoms with van der Waals surface area (Å²) in [6.07, 6.45) is 4.50. The first-order valence-corrected chi connectivity index (χ1v) is 4.77. The molecule has 0 aromatic rings. The van der Waals surface area contributed by atoms with Crippen LogP contribution in [-0.2, 0) is 0 Å². The zero-order valence-electron chi connectivity index (χ0n) is 7.91. The van der Waals surface area contributed by atoms with Gasteiger partial charge < -0.3 is 5.32 Å². The van der Waals surface area contributed by atoms with Crippen LogP contribution in [-0.4, -0.2) is 13.6 Å². The maximum absolute atomic E-state index is 3.30. The molecule has 0 saturated heterocycles. The molecule has 3 aliphatic rings. The van der Waals surface area contributed by atoms with E-state index in [0.29, 0.717) is 0 Å². The van der Waals surface area contributed by atoms with E-state index in [1.54, 1.807) is 0 Å². The van der Waals surface area contributed by atoms with Crippen molar-refractivity contribution in [3.8, 4) is 0 Å². The Morgan fingerprint density at radius 2 is 1.82 bits per heavy atom. The second kappa shape index (κ2) is 2.01. The molecule has 0 radical (unpaired) electrons. The number of nitrogens with one attached hydrogen (secondary N) is 1. The summed E-state index contributed by atoms with van der Waals surface area (Å²) in [6.45, 7) is 6.01. The van der Waals surface area contributed by atoms with Gasteiger partial charge in [-0.25, -0.2) is 0 Å². The summed E-state index contributed by atoms with van der Waals surface area (Å²) in [5.74, 6) is 0.918. The minimum atomic E-state index is 0.749. The fraction of sp³-hybridized carbons (Fsp3) is 1.00. The van der Waals surface area contributed by atoms with Crippen LogP contribution in [0.3, 0.4) is 0 Å². The van der Waals surface area contributed by atoms with Gasteiger partial charge in [-0.2, -0.15) is 0 Å². The molecule has 0 aliphatic heterocycles. The Labute approximate surface area is 69.6 Å². The van der Waals surface area contributed by atoms with Crippen molar-refractivity contribution in [1.29, 1.82) is 0 Å². The van der Waals surface area contributed by atoms with Crippen LogP contribution in [0, 0.1) is 16.7 Å². The van der Waals surface area contributed by atoms with Gasteiger partial charge in [0.15, 0.2) is 0 Å². The van der Waals surface area contributed by atoms with E-state index in [4.69, 9.17) is 0 Å². The molecule has 1 N–H and O–H groups in total. The molecule has 0 unspecified atom stereocenters. The Bertz CT molecular complexity index is 152. The Balaban J connectivity index is 1.89. The van der Waals surface area contributed by atoms with E-state index in [2.05, 4.69) is 26.2 Å². The molecule has 1 nitrogen and oxygen atoms in total. The Kier molecular flexibility index (Phi) is 1.39. The summed E-state index contributed by atoms with van der Waals surface area (Å²) in [6, 6.07) is 0. The maximum Gasteiger partial charge on any atom is 0.000543 e. The number of hydrogen-bond acceptors (Lipinski definition) is 1. The van der Waals surface area contributed by atoms with Gasteiger partial charge >= 0.3 is 0 Å². The van der Waals surface area contributed by atoms with Crippen molar-refractivity contribution in [2.75, 3.05) is 13.6 Å². The van der Waals surface area contributed by atoms with Gasteiger partial charge in [0.2, 0.25) is 0 Å². The fourth-order valence-electron chi connectivity index (χ4n) is 3.26. The Morgan fingerprint density at radius 3 is 2.18 bits per heavy atom. The van der Waals surface area contributed by atoms with E-state index < -0.39 is 0 Å². The van der Waals surface area contributed by atoms with E-state index in [1.165, 1.54) is 25.8 Å². The van der Waals surface area contributed by atoms with Crippen molar-refractivity contribution in [3.05, 3.63) is 0 Å². The molecule has 0 spiro atoms. The summed E-state index contributed by atoms with van der Waals surface area (Å²) < 4.78 is 0. The number of hydrogen-bond donors (Lipinski definition) is 1. The highest BCUT2D eigenvalue weighted by atomic mass is 14.9. The predicted molar refractivity (Wildman–Crippen MR) is 47.5 cm³/mol. The van der Waals surface area contributed by atoms with Crippen molar-refractivity contribution in [3.63, 3.8) is 0 Å². The van der Waals surface area contributed by atoms with E-state index in [0.717, 1.165) is 16.7 Å². The molecule has 0 aromatic heterocycles. The van der Waals surface area contributed by atoms with Gasteiger partial charge in [0.25, 0.3) is 0 Å². The molecule has 64 valence electrons. The largest absolute Gasteiger partial charge is 0.319 e. The lowest BCUT2D eigenvalue weighted by molar-refractivity contribution is -0.225. The molecular formula is C10H19N. The van der Waals surface area contributed by atoms with Crippen LogP contribution < -0.4 is 5.32 Å².